The smallest absolute Gasteiger partial charge is 0.377 e. The summed E-state index contributed by atoms with van der Waals surface area (Å²) in [7, 11) is 0. The number of rotatable bonds is 5. The van der Waals surface area contributed by atoms with Crippen molar-refractivity contribution < 1.29 is 19.7 Å². The van der Waals surface area contributed by atoms with Crippen LogP contribution in [-0.2, 0) is 9.53 Å². The normalized spacial score (nSPS) is 21.5. The molecule has 0 spiro atoms. The van der Waals surface area contributed by atoms with Crippen molar-refractivity contribution in [2.45, 2.75) is 45.1 Å². The van der Waals surface area contributed by atoms with E-state index in [4.69, 9.17) is 9.84 Å². The number of hydrogen-bond donors (Lipinski definition) is 2. The highest BCUT2D eigenvalue weighted by atomic mass is 16.6. The highest BCUT2D eigenvalue weighted by Crippen LogP contribution is 2.23. The van der Waals surface area contributed by atoms with Crippen LogP contribution in [-0.4, -0.2) is 22.3 Å². The lowest BCUT2D eigenvalue weighted by molar-refractivity contribution is -0.142. The monoisotopic (exact) mass is 200 g/mol. The lowest BCUT2D eigenvalue weighted by Crippen LogP contribution is -2.11. The molecule has 4 heteroatoms. The zero-order chi connectivity index (χ0) is 10.6. The number of carbonyl (C=O) groups is 1. The summed E-state index contributed by atoms with van der Waals surface area (Å²) in [5.41, 5.74) is 0. The fourth-order valence-corrected chi connectivity index (χ4v) is 1.45. The molecule has 0 unspecified atom stereocenters. The lowest BCUT2D eigenvalue weighted by atomic mass is 10.1. The van der Waals surface area contributed by atoms with E-state index in [9.17, 15) is 9.90 Å². The van der Waals surface area contributed by atoms with E-state index in [2.05, 4.69) is 6.92 Å². The van der Waals surface area contributed by atoms with Gasteiger partial charge in [0, 0.05) is 0 Å². The largest absolute Gasteiger partial charge is 0.505 e. The first-order chi connectivity index (χ1) is 6.66. The van der Waals surface area contributed by atoms with Gasteiger partial charge in [-0.3, -0.25) is 0 Å². The fraction of sp³-hybridized carbons (Fsp3) is 0.700. The van der Waals surface area contributed by atoms with Crippen LogP contribution in [0.3, 0.4) is 0 Å². The summed E-state index contributed by atoms with van der Waals surface area (Å²) in [6, 6.07) is 0. The Balaban J connectivity index is 2.30. The summed E-state index contributed by atoms with van der Waals surface area (Å²) in [4.78, 5) is 10.8. The number of carbonyl (C=O) groups excluding carboxylic acids is 1. The van der Waals surface area contributed by atoms with Gasteiger partial charge in [-0.1, -0.05) is 26.2 Å². The Morgan fingerprint density at radius 2 is 2.00 bits per heavy atom. The minimum atomic E-state index is -0.817. The average molecular weight is 200 g/mol. The van der Waals surface area contributed by atoms with Crippen LogP contribution in [0.2, 0.25) is 0 Å². The second kappa shape index (κ2) is 4.88. The minimum Gasteiger partial charge on any atom is -0.505 e. The number of hydrogen-bond acceptors (Lipinski definition) is 4. The van der Waals surface area contributed by atoms with E-state index < -0.39 is 17.8 Å². The van der Waals surface area contributed by atoms with Crippen LogP contribution in [0.5, 0.6) is 0 Å². The third-order valence-electron chi connectivity index (χ3n) is 2.31. The van der Waals surface area contributed by atoms with E-state index in [0.29, 0.717) is 6.42 Å². The number of ether oxygens (including phenoxy) is 1. The summed E-state index contributed by atoms with van der Waals surface area (Å²) in [5.74, 6) is -1.76. The van der Waals surface area contributed by atoms with Crippen molar-refractivity contribution in [3.05, 3.63) is 11.5 Å². The maximum atomic E-state index is 10.8. The van der Waals surface area contributed by atoms with E-state index >= 15 is 0 Å². The molecule has 2 N–H and O–H groups in total. The molecule has 14 heavy (non-hydrogen) atoms. The molecule has 0 aromatic rings. The van der Waals surface area contributed by atoms with Crippen molar-refractivity contribution in [2.24, 2.45) is 0 Å². The highest BCUT2D eigenvalue weighted by Gasteiger charge is 2.33. The lowest BCUT2D eigenvalue weighted by Gasteiger charge is -2.08. The quantitative estimate of drug-likeness (QED) is 0.527. The maximum absolute atomic E-state index is 10.8. The zero-order valence-electron chi connectivity index (χ0n) is 8.32. The Morgan fingerprint density at radius 3 is 2.50 bits per heavy atom. The van der Waals surface area contributed by atoms with Crippen LogP contribution in [0.15, 0.2) is 11.5 Å². The molecular weight excluding hydrogens is 184 g/mol. The molecular formula is C10H16O4. The highest BCUT2D eigenvalue weighted by molar-refractivity contribution is 5.88. The summed E-state index contributed by atoms with van der Waals surface area (Å²) in [5, 5.41) is 18.3. The van der Waals surface area contributed by atoms with Gasteiger partial charge in [-0.15, -0.1) is 0 Å². The number of unbranched alkanes of at least 4 members (excludes halogenated alkanes) is 3. The molecule has 1 atom stereocenters. The zero-order valence-corrected chi connectivity index (χ0v) is 8.32. The van der Waals surface area contributed by atoms with Gasteiger partial charge in [0.2, 0.25) is 5.76 Å². The fourth-order valence-electron chi connectivity index (χ4n) is 1.45. The van der Waals surface area contributed by atoms with Crippen molar-refractivity contribution >= 4 is 5.97 Å². The number of aliphatic hydroxyl groups excluding tert-OH is 2. The first-order valence-electron chi connectivity index (χ1n) is 5.00. The number of esters is 1. The standard InChI is InChI=1S/C10H16O4/c1-2-3-4-5-6-7-8(11)9(12)10(13)14-7/h7,11-12H,2-6H2,1H3/t7-/m1/s1. The molecule has 0 aromatic carbocycles. The molecule has 1 heterocycles. The van der Waals surface area contributed by atoms with Crippen molar-refractivity contribution in [1.29, 1.82) is 0 Å². The topological polar surface area (TPSA) is 66.8 Å². The molecule has 0 fully saturated rings. The summed E-state index contributed by atoms with van der Waals surface area (Å²) in [6.45, 7) is 2.11. The van der Waals surface area contributed by atoms with Gasteiger partial charge in [0.05, 0.1) is 0 Å². The van der Waals surface area contributed by atoms with Gasteiger partial charge in [0.15, 0.2) is 11.9 Å². The van der Waals surface area contributed by atoms with Gasteiger partial charge in [-0.05, 0) is 12.8 Å². The Morgan fingerprint density at radius 1 is 1.29 bits per heavy atom. The van der Waals surface area contributed by atoms with Crippen molar-refractivity contribution in [3.8, 4) is 0 Å². The second-order valence-corrected chi connectivity index (χ2v) is 3.48. The van der Waals surface area contributed by atoms with Crippen molar-refractivity contribution in [1.82, 2.24) is 0 Å². The van der Waals surface area contributed by atoms with Crippen LogP contribution in [0.4, 0.5) is 0 Å². The average Bonchev–Trinajstić information content (AvgIpc) is 2.41. The maximum Gasteiger partial charge on any atom is 0.377 e. The molecule has 1 rings (SSSR count). The van der Waals surface area contributed by atoms with Crippen LogP contribution in [0.1, 0.15) is 39.0 Å². The number of cyclic esters (lactones) is 1. The molecule has 0 radical (unpaired) electrons. The first-order valence-corrected chi connectivity index (χ1v) is 5.00. The van der Waals surface area contributed by atoms with E-state index in [1.807, 2.05) is 0 Å². The predicted molar refractivity (Wildman–Crippen MR) is 50.9 cm³/mol. The predicted octanol–water partition coefficient (Wildman–Crippen LogP) is 2.21. The molecule has 0 aromatic heterocycles. The molecule has 1 aliphatic heterocycles. The van der Waals surface area contributed by atoms with Gasteiger partial charge in [0.1, 0.15) is 0 Å². The molecule has 0 aliphatic carbocycles. The van der Waals surface area contributed by atoms with Crippen molar-refractivity contribution in [3.63, 3.8) is 0 Å². The van der Waals surface area contributed by atoms with Crippen LogP contribution < -0.4 is 0 Å². The first kappa shape index (κ1) is 10.9. The number of aliphatic hydroxyl groups is 2. The van der Waals surface area contributed by atoms with Gasteiger partial charge in [-0.2, -0.15) is 0 Å². The molecule has 0 saturated carbocycles. The molecule has 0 bridgehead atoms. The molecule has 1 aliphatic rings. The van der Waals surface area contributed by atoms with Gasteiger partial charge >= 0.3 is 5.97 Å². The summed E-state index contributed by atoms with van der Waals surface area (Å²) >= 11 is 0. The Bertz CT molecular complexity index is 245. The van der Waals surface area contributed by atoms with E-state index in [1.165, 1.54) is 0 Å². The van der Waals surface area contributed by atoms with Gasteiger partial charge in [-0.25, -0.2) is 4.79 Å². The Labute approximate surface area is 83.2 Å². The van der Waals surface area contributed by atoms with E-state index in [-0.39, 0.29) is 5.76 Å². The molecule has 4 nitrogen and oxygen atoms in total. The Hall–Kier alpha value is -1.19. The van der Waals surface area contributed by atoms with E-state index in [0.717, 1.165) is 25.7 Å². The summed E-state index contributed by atoms with van der Waals surface area (Å²) < 4.78 is 4.75. The van der Waals surface area contributed by atoms with Crippen LogP contribution in [0, 0.1) is 0 Å². The van der Waals surface area contributed by atoms with E-state index in [1.54, 1.807) is 0 Å². The van der Waals surface area contributed by atoms with Gasteiger partial charge in [0.25, 0.3) is 0 Å². The molecule has 80 valence electrons. The SMILES string of the molecule is CCCCCC[C@H]1OC(=O)C(O)=C1O. The Kier molecular flexibility index (Phi) is 3.80. The molecule has 0 saturated heterocycles. The summed E-state index contributed by atoms with van der Waals surface area (Å²) in [6.07, 6.45) is 4.18. The van der Waals surface area contributed by atoms with Crippen LogP contribution in [0.25, 0.3) is 0 Å². The van der Waals surface area contributed by atoms with Gasteiger partial charge < -0.3 is 14.9 Å². The third-order valence-corrected chi connectivity index (χ3v) is 2.31. The second-order valence-electron chi connectivity index (χ2n) is 3.48. The van der Waals surface area contributed by atoms with Crippen molar-refractivity contribution in [2.75, 3.05) is 0 Å². The van der Waals surface area contributed by atoms with Crippen LogP contribution >= 0.6 is 0 Å². The third kappa shape index (κ3) is 2.40. The minimum absolute atomic E-state index is 0.313. The molecule has 0 amide bonds.